The number of aliphatic hydroxyl groups is 1. The van der Waals surface area contributed by atoms with Gasteiger partial charge in [-0.25, -0.2) is 0 Å². The molecular formula is C44H56O7. The fourth-order valence-corrected chi connectivity index (χ4v) is 6.38. The Bertz CT molecular complexity index is 1670. The van der Waals surface area contributed by atoms with Crippen LogP contribution < -0.4 is 18.9 Å². The van der Waals surface area contributed by atoms with Gasteiger partial charge in [0.2, 0.25) is 0 Å². The first-order chi connectivity index (χ1) is 24.1. The number of hydrogen-bond donors (Lipinski definition) is 1. The molecule has 7 heteroatoms. The number of rotatable bonds is 18. The first-order valence-electron chi connectivity index (χ1n) is 17.9. The van der Waals surface area contributed by atoms with Crippen LogP contribution in [0.5, 0.6) is 23.0 Å². The van der Waals surface area contributed by atoms with E-state index in [0.29, 0.717) is 25.4 Å². The van der Waals surface area contributed by atoms with Crippen molar-refractivity contribution >= 4 is 0 Å². The lowest BCUT2D eigenvalue weighted by molar-refractivity contribution is 0.0173. The Morgan fingerprint density at radius 3 is 1.35 bits per heavy atom. The minimum Gasteiger partial charge on any atom is -0.491 e. The minimum absolute atomic E-state index is 0.168. The highest BCUT2D eigenvalue weighted by Crippen LogP contribution is 2.36. The standard InChI is InChI=1S/C44H56O7/c1-41(2,50-38-22-14-33(15-23-38)44(7,8)32-12-20-37(21-13-32)48-28-40-29-49-40)26-35(45)27-47-36-18-10-31(11-19-36)43(5,6)34-16-24-39(25-17-34)51-42(3,4)30-46-9/h10-25,35,40,45H,26-30H2,1-9H3. The van der Waals surface area contributed by atoms with Gasteiger partial charge in [-0.1, -0.05) is 76.2 Å². The monoisotopic (exact) mass is 696 g/mol. The second-order valence-electron chi connectivity index (χ2n) is 15.9. The van der Waals surface area contributed by atoms with Gasteiger partial charge in [-0.05, 0) is 98.5 Å². The smallest absolute Gasteiger partial charge is 0.127 e. The lowest BCUT2D eigenvalue weighted by Gasteiger charge is -2.30. The van der Waals surface area contributed by atoms with Crippen LogP contribution in [0, 0.1) is 0 Å². The molecule has 0 amide bonds. The number of methoxy groups -OCH3 is 1. The molecule has 1 saturated heterocycles. The third kappa shape index (κ3) is 10.5. The van der Waals surface area contributed by atoms with Gasteiger partial charge in [0, 0.05) is 24.4 Å². The van der Waals surface area contributed by atoms with Crippen molar-refractivity contribution in [1.29, 1.82) is 0 Å². The molecule has 0 aliphatic carbocycles. The fourth-order valence-electron chi connectivity index (χ4n) is 6.38. The predicted molar refractivity (Wildman–Crippen MR) is 203 cm³/mol. The molecule has 1 fully saturated rings. The Balaban J connectivity index is 1.10. The fraction of sp³-hybridized carbons (Fsp3) is 0.455. The largest absolute Gasteiger partial charge is 0.491 e. The molecule has 4 aromatic rings. The number of aliphatic hydroxyl groups excluding tert-OH is 1. The van der Waals surface area contributed by atoms with Crippen LogP contribution in [0.2, 0.25) is 0 Å². The summed E-state index contributed by atoms with van der Waals surface area (Å²) in [4.78, 5) is 0. The van der Waals surface area contributed by atoms with Gasteiger partial charge in [0.25, 0.3) is 0 Å². The number of benzene rings is 4. The maximum absolute atomic E-state index is 10.9. The molecule has 0 radical (unpaired) electrons. The SMILES string of the molecule is COCC(C)(C)Oc1ccc(C(C)(C)c2ccc(OCC(O)CC(C)(C)Oc3ccc(C(C)(C)c4ccc(OCC5CO5)cc4)cc3)cc2)cc1. The van der Waals surface area contributed by atoms with E-state index in [0.717, 1.165) is 29.4 Å². The van der Waals surface area contributed by atoms with Crippen molar-refractivity contribution in [3.63, 3.8) is 0 Å². The van der Waals surface area contributed by atoms with Crippen LogP contribution in [0.1, 0.15) is 84.1 Å². The van der Waals surface area contributed by atoms with E-state index in [-0.39, 0.29) is 23.5 Å². The molecule has 1 N–H and O–H groups in total. The Kier molecular flexibility index (Phi) is 11.7. The molecule has 0 saturated carbocycles. The molecule has 2 atom stereocenters. The second kappa shape index (κ2) is 15.7. The lowest BCUT2D eigenvalue weighted by atomic mass is 9.78. The molecule has 5 rings (SSSR count). The number of epoxide rings is 1. The summed E-state index contributed by atoms with van der Waals surface area (Å²) in [7, 11) is 1.68. The average molecular weight is 697 g/mol. The van der Waals surface area contributed by atoms with E-state index < -0.39 is 17.3 Å². The number of hydrogen-bond acceptors (Lipinski definition) is 7. The third-order valence-electron chi connectivity index (χ3n) is 9.59. The average Bonchev–Trinajstić information content (AvgIpc) is 3.91. The van der Waals surface area contributed by atoms with Gasteiger partial charge in [-0.15, -0.1) is 0 Å². The zero-order valence-corrected chi connectivity index (χ0v) is 31.8. The van der Waals surface area contributed by atoms with E-state index in [4.69, 9.17) is 28.4 Å². The first-order valence-corrected chi connectivity index (χ1v) is 17.9. The Morgan fingerprint density at radius 2 is 0.961 bits per heavy atom. The van der Waals surface area contributed by atoms with Gasteiger partial charge in [0.05, 0.1) is 19.3 Å². The summed E-state index contributed by atoms with van der Waals surface area (Å²) in [6.07, 6.45) is -0.0508. The highest BCUT2D eigenvalue weighted by atomic mass is 16.6. The van der Waals surface area contributed by atoms with Gasteiger partial charge >= 0.3 is 0 Å². The molecule has 1 heterocycles. The van der Waals surface area contributed by atoms with E-state index in [1.165, 1.54) is 16.7 Å². The summed E-state index contributed by atoms with van der Waals surface area (Å²) in [6, 6.07) is 32.9. The minimum atomic E-state index is -0.701. The van der Waals surface area contributed by atoms with Crippen LogP contribution in [-0.4, -0.2) is 62.1 Å². The molecule has 1 aliphatic heterocycles. The Labute approximate surface area is 304 Å². The molecule has 0 spiro atoms. The van der Waals surface area contributed by atoms with Crippen LogP contribution >= 0.6 is 0 Å². The highest BCUT2D eigenvalue weighted by molar-refractivity contribution is 5.43. The van der Waals surface area contributed by atoms with Gasteiger partial charge < -0.3 is 33.5 Å². The van der Waals surface area contributed by atoms with E-state index in [1.807, 2.05) is 76.2 Å². The zero-order valence-electron chi connectivity index (χ0n) is 31.8. The topological polar surface area (TPSA) is 78.9 Å². The molecule has 7 nitrogen and oxygen atoms in total. The number of ether oxygens (including phenoxy) is 6. The van der Waals surface area contributed by atoms with Gasteiger partial charge in [0.15, 0.2) is 0 Å². The summed E-state index contributed by atoms with van der Waals surface area (Å²) in [5.41, 5.74) is 3.30. The van der Waals surface area contributed by atoms with Crippen LogP contribution in [0.3, 0.4) is 0 Å². The van der Waals surface area contributed by atoms with Crippen LogP contribution in [-0.2, 0) is 20.3 Å². The van der Waals surface area contributed by atoms with Crippen molar-refractivity contribution in [2.75, 3.05) is 33.5 Å². The summed E-state index contributed by atoms with van der Waals surface area (Å²) >= 11 is 0. The van der Waals surface area contributed by atoms with Crippen LogP contribution in [0.4, 0.5) is 0 Å². The molecule has 0 aromatic heterocycles. The molecule has 1 aliphatic rings. The van der Waals surface area contributed by atoms with E-state index in [2.05, 4.69) is 76.2 Å². The van der Waals surface area contributed by atoms with Crippen molar-refractivity contribution in [2.24, 2.45) is 0 Å². The van der Waals surface area contributed by atoms with Crippen LogP contribution in [0.25, 0.3) is 0 Å². The van der Waals surface area contributed by atoms with Crippen molar-refractivity contribution in [1.82, 2.24) is 0 Å². The first kappa shape index (κ1) is 38.2. The van der Waals surface area contributed by atoms with Gasteiger partial charge in [-0.2, -0.15) is 0 Å². The molecular weight excluding hydrogens is 640 g/mol. The summed E-state index contributed by atoms with van der Waals surface area (Å²) < 4.78 is 34.8. The van der Waals surface area contributed by atoms with Crippen LogP contribution in [0.15, 0.2) is 97.1 Å². The molecule has 2 unspecified atom stereocenters. The van der Waals surface area contributed by atoms with E-state index in [9.17, 15) is 5.11 Å². The third-order valence-corrected chi connectivity index (χ3v) is 9.59. The summed E-state index contributed by atoms with van der Waals surface area (Å²) in [5.74, 6) is 3.14. The molecule has 4 aromatic carbocycles. The van der Waals surface area contributed by atoms with E-state index in [1.54, 1.807) is 7.11 Å². The van der Waals surface area contributed by atoms with Crippen molar-refractivity contribution in [3.8, 4) is 23.0 Å². The lowest BCUT2D eigenvalue weighted by Crippen LogP contribution is -2.35. The summed E-state index contributed by atoms with van der Waals surface area (Å²) in [5, 5.41) is 10.9. The van der Waals surface area contributed by atoms with Crippen molar-refractivity contribution in [2.45, 2.75) is 96.1 Å². The predicted octanol–water partition coefficient (Wildman–Crippen LogP) is 8.91. The summed E-state index contributed by atoms with van der Waals surface area (Å²) in [6.45, 7) is 18.9. The molecule has 0 bridgehead atoms. The maximum Gasteiger partial charge on any atom is 0.127 e. The maximum atomic E-state index is 10.9. The second-order valence-corrected chi connectivity index (χ2v) is 15.9. The highest BCUT2D eigenvalue weighted by Gasteiger charge is 2.28. The van der Waals surface area contributed by atoms with Gasteiger partial charge in [0.1, 0.15) is 53.5 Å². The molecule has 274 valence electrons. The quantitative estimate of drug-likeness (QED) is 0.104. The molecule has 51 heavy (non-hydrogen) atoms. The van der Waals surface area contributed by atoms with Crippen molar-refractivity contribution in [3.05, 3.63) is 119 Å². The van der Waals surface area contributed by atoms with Crippen molar-refractivity contribution < 1.29 is 33.5 Å². The Hall–Kier alpha value is -4.04. The Morgan fingerprint density at radius 1 is 0.588 bits per heavy atom. The van der Waals surface area contributed by atoms with Gasteiger partial charge in [-0.3, -0.25) is 0 Å². The zero-order chi connectivity index (χ0) is 36.9. The van der Waals surface area contributed by atoms with E-state index >= 15 is 0 Å². The normalized spacial score (nSPS) is 15.6.